The molecule has 0 spiro atoms. The van der Waals surface area contributed by atoms with Crippen LogP contribution >= 0.6 is 20.2 Å². The maximum Gasteiger partial charge on any atom is 1.00 e. The minimum atomic E-state index is 0. The second-order valence-corrected chi connectivity index (χ2v) is 2.62. The normalized spacial score (nSPS) is 6.36. The molecule has 1 aromatic rings. The van der Waals surface area contributed by atoms with Crippen molar-refractivity contribution in [2.45, 2.75) is 0 Å². The van der Waals surface area contributed by atoms with Crippen LogP contribution in [-0.4, -0.2) is 10.5 Å². The van der Waals surface area contributed by atoms with Crippen molar-refractivity contribution >= 4 is 20.2 Å². The van der Waals surface area contributed by atoms with Gasteiger partial charge in [-0.05, 0) is 12.1 Å². The molecule has 0 bridgehead atoms. The smallest absolute Gasteiger partial charge is 0.870 e. The molecule has 0 radical (unpaired) electrons. The van der Waals surface area contributed by atoms with Gasteiger partial charge in [0.05, 0.1) is 0 Å². The first-order valence-corrected chi connectivity index (χ1v) is 4.67. The molecular weight excluding hydrogens is 264 g/mol. The summed E-state index contributed by atoms with van der Waals surface area (Å²) in [5, 5.41) is 0. The molecule has 2 nitrogen and oxygen atoms in total. The first kappa shape index (κ1) is 18.6. The molecule has 0 fully saturated rings. The Kier molecular flexibility index (Phi) is 30.1. The van der Waals surface area contributed by atoms with Crippen molar-refractivity contribution in [2.75, 3.05) is 0 Å². The zero-order chi connectivity index (χ0) is 6.95. The largest absolute Gasteiger partial charge is 1.00 e. The number of rotatable bonds is 0. The summed E-state index contributed by atoms with van der Waals surface area (Å²) in [6.45, 7) is 0. The number of halogens is 2. The van der Waals surface area contributed by atoms with Crippen LogP contribution in [0.25, 0.3) is 0 Å². The molecule has 1 heterocycles. The second kappa shape index (κ2) is 17.8. The average Bonchev–Trinajstić information content (AvgIpc) is 1.93. The van der Waals surface area contributed by atoms with E-state index < -0.39 is 0 Å². The molecule has 0 unspecified atom stereocenters. The summed E-state index contributed by atoms with van der Waals surface area (Å²) in [6.07, 6.45) is 3.50. The Morgan fingerprint density at radius 3 is 1.45 bits per heavy atom. The van der Waals surface area contributed by atoms with Crippen LogP contribution in [0.1, 0.15) is 0 Å². The van der Waals surface area contributed by atoms with Gasteiger partial charge < -0.3 is 5.48 Å². The minimum absolute atomic E-state index is 0. The molecule has 1 aromatic heterocycles. The molecular formula is C5H6Cl2CuKNO. The summed E-state index contributed by atoms with van der Waals surface area (Å²) in [4.78, 5) is 3.78. The Labute approximate surface area is 123 Å². The number of hydrogen-bond donors (Lipinski definition) is 0. The third kappa shape index (κ3) is 18.7. The third-order valence-corrected chi connectivity index (χ3v) is 0.566. The number of hydrogen-bond acceptors (Lipinski definition) is 2. The number of nitrogens with zero attached hydrogens (tertiary/aromatic N) is 1. The van der Waals surface area contributed by atoms with E-state index in [1.807, 2.05) is 18.2 Å². The molecule has 6 heteroatoms. The molecule has 0 aliphatic rings. The van der Waals surface area contributed by atoms with E-state index in [1.54, 1.807) is 12.4 Å². The van der Waals surface area contributed by atoms with Crippen LogP contribution in [-0.2, 0) is 13.1 Å². The Balaban J connectivity index is -0.000000116. The Morgan fingerprint density at radius 2 is 1.36 bits per heavy atom. The van der Waals surface area contributed by atoms with E-state index in [0.29, 0.717) is 0 Å². The Bertz CT molecular complexity index is 107. The van der Waals surface area contributed by atoms with Gasteiger partial charge in [-0.25, -0.2) is 0 Å². The SMILES string of the molecule is [Cl][Cu][Cl].[K+].[OH-].c1ccncc1. The van der Waals surface area contributed by atoms with Crippen LogP contribution in [0.5, 0.6) is 0 Å². The van der Waals surface area contributed by atoms with Gasteiger partial charge in [0.1, 0.15) is 0 Å². The van der Waals surface area contributed by atoms with Crippen LogP contribution in [0.3, 0.4) is 0 Å². The van der Waals surface area contributed by atoms with Crippen molar-refractivity contribution in [1.82, 2.24) is 4.98 Å². The quantitative estimate of drug-likeness (QED) is 0.584. The van der Waals surface area contributed by atoms with Crippen molar-refractivity contribution < 1.29 is 70.0 Å². The first-order valence-electron chi connectivity index (χ1n) is 2.08. The van der Waals surface area contributed by atoms with Crippen LogP contribution < -0.4 is 51.4 Å². The van der Waals surface area contributed by atoms with E-state index in [-0.39, 0.29) is 56.9 Å². The minimum Gasteiger partial charge on any atom is -0.870 e. The predicted octanol–water partition coefficient (Wildman–Crippen LogP) is -0.715. The van der Waals surface area contributed by atoms with E-state index in [1.165, 1.54) is 0 Å². The van der Waals surface area contributed by atoms with Gasteiger partial charge in [0.2, 0.25) is 0 Å². The summed E-state index contributed by atoms with van der Waals surface area (Å²) in [6, 6.07) is 5.72. The molecule has 1 rings (SSSR count). The number of pyridine rings is 1. The molecule has 63 valence electrons. The predicted molar refractivity (Wildman–Crippen MR) is 37.9 cm³/mol. The van der Waals surface area contributed by atoms with Crippen molar-refractivity contribution in [2.24, 2.45) is 0 Å². The van der Waals surface area contributed by atoms with E-state index in [0.717, 1.165) is 13.1 Å². The summed E-state index contributed by atoms with van der Waals surface area (Å²) < 4.78 is 0. The van der Waals surface area contributed by atoms with Gasteiger partial charge in [-0.15, -0.1) is 0 Å². The van der Waals surface area contributed by atoms with E-state index in [4.69, 9.17) is 0 Å². The molecule has 0 saturated carbocycles. The van der Waals surface area contributed by atoms with E-state index in [9.17, 15) is 0 Å². The Morgan fingerprint density at radius 1 is 1.00 bits per heavy atom. The van der Waals surface area contributed by atoms with Gasteiger partial charge in [-0.2, -0.15) is 0 Å². The average molecular weight is 270 g/mol. The summed E-state index contributed by atoms with van der Waals surface area (Å²) >= 11 is 0.757. The van der Waals surface area contributed by atoms with Gasteiger partial charge >= 0.3 is 84.7 Å². The molecule has 0 aromatic carbocycles. The van der Waals surface area contributed by atoms with Gasteiger partial charge in [0.25, 0.3) is 0 Å². The van der Waals surface area contributed by atoms with Crippen molar-refractivity contribution in [3.05, 3.63) is 30.6 Å². The monoisotopic (exact) mass is 268 g/mol. The zero-order valence-corrected chi connectivity index (χ0v) is 11.4. The van der Waals surface area contributed by atoms with Crippen molar-refractivity contribution in [1.29, 1.82) is 0 Å². The van der Waals surface area contributed by atoms with Crippen molar-refractivity contribution in [3.8, 4) is 0 Å². The van der Waals surface area contributed by atoms with E-state index >= 15 is 0 Å². The first-order chi connectivity index (χ1) is 4.41. The summed E-state index contributed by atoms with van der Waals surface area (Å²) in [5.74, 6) is 0. The zero-order valence-electron chi connectivity index (χ0n) is 5.84. The fourth-order valence-electron chi connectivity index (χ4n) is 0.313. The van der Waals surface area contributed by atoms with Gasteiger partial charge in [0, 0.05) is 12.4 Å². The topological polar surface area (TPSA) is 42.9 Å². The van der Waals surface area contributed by atoms with Gasteiger partial charge in [-0.1, -0.05) is 6.07 Å². The number of aromatic nitrogens is 1. The molecule has 0 atom stereocenters. The molecule has 0 aliphatic heterocycles. The summed E-state index contributed by atoms with van der Waals surface area (Å²) in [5.41, 5.74) is 0. The van der Waals surface area contributed by atoms with Crippen LogP contribution in [0, 0.1) is 0 Å². The molecule has 0 aliphatic carbocycles. The molecule has 11 heavy (non-hydrogen) atoms. The van der Waals surface area contributed by atoms with E-state index in [2.05, 4.69) is 25.2 Å². The maximum atomic E-state index is 4.67. The third-order valence-electron chi connectivity index (χ3n) is 0.566. The van der Waals surface area contributed by atoms with Gasteiger partial charge in [-0.3, -0.25) is 4.98 Å². The molecule has 1 N–H and O–H groups in total. The Hall–Kier alpha value is 1.85. The fourth-order valence-corrected chi connectivity index (χ4v) is 0.313. The molecule has 0 amide bonds. The van der Waals surface area contributed by atoms with Crippen LogP contribution in [0.4, 0.5) is 0 Å². The van der Waals surface area contributed by atoms with Crippen molar-refractivity contribution in [3.63, 3.8) is 0 Å². The maximum absolute atomic E-state index is 4.67. The standard InChI is InChI=1S/C5H5N.2ClH.Cu.K.H2O/c1-2-4-6-5-3-1;;;;;/h1-5H;2*1H;;;1H2/q;;;+2;+1;/p-3. The van der Waals surface area contributed by atoms with Crippen LogP contribution in [0.15, 0.2) is 30.6 Å². The second-order valence-electron chi connectivity index (χ2n) is 1.07. The fraction of sp³-hybridized carbons (Fsp3) is 0. The van der Waals surface area contributed by atoms with Gasteiger partial charge in [0.15, 0.2) is 0 Å². The molecule has 0 saturated heterocycles. The summed E-state index contributed by atoms with van der Waals surface area (Å²) in [7, 11) is 9.34. The van der Waals surface area contributed by atoms with Crippen LogP contribution in [0.2, 0.25) is 0 Å².